The van der Waals surface area contributed by atoms with E-state index in [0.717, 1.165) is 5.46 Å². The summed E-state index contributed by atoms with van der Waals surface area (Å²) in [6.07, 6.45) is 0. The molecule has 4 heteroatoms. The van der Waals surface area contributed by atoms with Crippen molar-refractivity contribution in [2.45, 2.75) is 38.9 Å². The van der Waals surface area contributed by atoms with Crippen LogP contribution in [-0.2, 0) is 9.31 Å². The summed E-state index contributed by atoms with van der Waals surface area (Å²) in [7, 11) is -0.341. The predicted octanol–water partition coefficient (Wildman–Crippen LogP) is 8.33. The summed E-state index contributed by atoms with van der Waals surface area (Å²) in [6, 6.07) is 33.1. The number of thiophene rings is 1. The molecule has 0 radical (unpaired) electrons. The van der Waals surface area contributed by atoms with Crippen LogP contribution in [0.4, 0.5) is 0 Å². The van der Waals surface area contributed by atoms with Gasteiger partial charge in [0.2, 0.25) is 0 Å². The minimum atomic E-state index is -0.341. The minimum Gasteiger partial charge on any atom is -0.399 e. The standard InChI is InChI=1S/C32H27BO2S/c1-31(2)32(3,4)35-33(34-31)22-16-13-20(14-17-22)21-15-18-28-27(19-21)29-25-11-7-5-9-23(25)24-10-6-8-12-26(24)30(29)36-28/h5-19H,1-4H3. The van der Waals surface area contributed by atoms with Gasteiger partial charge in [-0.1, -0.05) is 78.9 Å². The van der Waals surface area contributed by atoms with E-state index in [-0.39, 0.29) is 18.3 Å². The van der Waals surface area contributed by atoms with Gasteiger partial charge >= 0.3 is 7.12 Å². The normalized spacial score (nSPS) is 17.1. The van der Waals surface area contributed by atoms with E-state index in [1.165, 1.54) is 52.8 Å². The Kier molecular flexibility index (Phi) is 4.69. The van der Waals surface area contributed by atoms with Crippen LogP contribution in [0.2, 0.25) is 0 Å². The molecule has 1 saturated heterocycles. The first-order valence-corrected chi connectivity index (χ1v) is 13.4. The van der Waals surface area contributed by atoms with Crippen LogP contribution in [0.3, 0.4) is 0 Å². The van der Waals surface area contributed by atoms with E-state index in [0.29, 0.717) is 0 Å². The number of hydrogen-bond acceptors (Lipinski definition) is 3. The Labute approximate surface area is 215 Å². The second-order valence-electron chi connectivity index (χ2n) is 10.8. The highest BCUT2D eigenvalue weighted by Gasteiger charge is 2.51. The first-order chi connectivity index (χ1) is 17.3. The lowest BCUT2D eigenvalue weighted by atomic mass is 9.78. The molecule has 0 saturated carbocycles. The number of benzene rings is 5. The maximum Gasteiger partial charge on any atom is 0.494 e. The Balaban J connectivity index is 1.36. The lowest BCUT2D eigenvalue weighted by molar-refractivity contribution is 0.00578. The number of hydrogen-bond donors (Lipinski definition) is 0. The summed E-state index contributed by atoms with van der Waals surface area (Å²) >= 11 is 1.90. The van der Waals surface area contributed by atoms with Crippen LogP contribution in [0.25, 0.3) is 52.8 Å². The summed E-state index contributed by atoms with van der Waals surface area (Å²) < 4.78 is 15.2. The summed E-state index contributed by atoms with van der Waals surface area (Å²) in [5.74, 6) is 0. The Bertz CT molecular complexity index is 1780. The fraction of sp³-hybridized carbons (Fsp3) is 0.188. The topological polar surface area (TPSA) is 18.5 Å². The molecule has 1 aromatic heterocycles. The van der Waals surface area contributed by atoms with Crippen LogP contribution < -0.4 is 5.46 Å². The molecule has 1 fully saturated rings. The van der Waals surface area contributed by atoms with E-state index in [2.05, 4.69) is 119 Å². The predicted molar refractivity (Wildman–Crippen MR) is 155 cm³/mol. The van der Waals surface area contributed by atoms with Crippen molar-refractivity contribution in [2.24, 2.45) is 0 Å². The third-order valence-corrected chi connectivity index (χ3v) is 9.32. The van der Waals surface area contributed by atoms with Gasteiger partial charge in [-0.2, -0.15) is 0 Å². The molecule has 36 heavy (non-hydrogen) atoms. The zero-order valence-electron chi connectivity index (χ0n) is 21.0. The number of rotatable bonds is 2. The molecule has 2 nitrogen and oxygen atoms in total. The molecule has 0 amide bonds. The number of fused-ring (bicyclic) bond motifs is 8. The average Bonchev–Trinajstić information content (AvgIpc) is 3.37. The van der Waals surface area contributed by atoms with E-state index in [1.54, 1.807) is 0 Å². The molecule has 2 heterocycles. The van der Waals surface area contributed by atoms with E-state index < -0.39 is 0 Å². The van der Waals surface area contributed by atoms with Crippen LogP contribution in [0.1, 0.15) is 27.7 Å². The van der Waals surface area contributed by atoms with Crippen LogP contribution in [-0.4, -0.2) is 18.3 Å². The van der Waals surface area contributed by atoms with E-state index in [9.17, 15) is 0 Å². The maximum absolute atomic E-state index is 6.25. The van der Waals surface area contributed by atoms with Crippen molar-refractivity contribution in [2.75, 3.05) is 0 Å². The van der Waals surface area contributed by atoms with Crippen LogP contribution in [0, 0.1) is 0 Å². The molecule has 0 aliphatic carbocycles. The lowest BCUT2D eigenvalue weighted by Gasteiger charge is -2.32. The third kappa shape index (κ3) is 3.18. The van der Waals surface area contributed by atoms with Gasteiger partial charge in [0.05, 0.1) is 11.2 Å². The highest BCUT2D eigenvalue weighted by atomic mass is 32.1. The highest BCUT2D eigenvalue weighted by Crippen LogP contribution is 2.44. The molecular weight excluding hydrogens is 459 g/mol. The molecule has 1 aliphatic rings. The SMILES string of the molecule is CC1(C)OB(c2ccc(-c3ccc4sc5c6ccccc6c6ccccc6c5c4c3)cc2)OC1(C)C. The Morgan fingerprint density at radius 2 is 1.14 bits per heavy atom. The van der Waals surface area contributed by atoms with Gasteiger partial charge in [0.25, 0.3) is 0 Å². The average molecular weight is 486 g/mol. The molecule has 0 spiro atoms. The highest BCUT2D eigenvalue weighted by molar-refractivity contribution is 7.27. The van der Waals surface area contributed by atoms with Crippen molar-refractivity contribution in [1.29, 1.82) is 0 Å². The Hall–Kier alpha value is -3.18. The smallest absolute Gasteiger partial charge is 0.399 e. The second-order valence-corrected chi connectivity index (χ2v) is 11.9. The Morgan fingerprint density at radius 3 is 1.81 bits per heavy atom. The van der Waals surface area contributed by atoms with Gasteiger partial charge in [-0.25, -0.2) is 0 Å². The van der Waals surface area contributed by atoms with Gasteiger partial charge in [-0.15, -0.1) is 11.3 Å². The fourth-order valence-electron chi connectivity index (χ4n) is 5.40. The molecule has 5 aromatic carbocycles. The van der Waals surface area contributed by atoms with Crippen molar-refractivity contribution in [3.05, 3.63) is 91.0 Å². The van der Waals surface area contributed by atoms with Gasteiger partial charge in [0.1, 0.15) is 0 Å². The second kappa shape index (κ2) is 7.66. The molecule has 0 atom stereocenters. The molecule has 6 aromatic rings. The van der Waals surface area contributed by atoms with Crippen molar-refractivity contribution in [3.8, 4) is 11.1 Å². The summed E-state index contributed by atoms with van der Waals surface area (Å²) in [4.78, 5) is 0. The van der Waals surface area contributed by atoms with E-state index in [1.807, 2.05) is 11.3 Å². The Morgan fingerprint density at radius 1 is 0.583 bits per heavy atom. The van der Waals surface area contributed by atoms with E-state index in [4.69, 9.17) is 9.31 Å². The van der Waals surface area contributed by atoms with E-state index >= 15 is 0 Å². The molecular formula is C32H27BO2S. The lowest BCUT2D eigenvalue weighted by Crippen LogP contribution is -2.41. The van der Waals surface area contributed by atoms with Crippen molar-refractivity contribution < 1.29 is 9.31 Å². The summed E-state index contributed by atoms with van der Waals surface area (Å²) in [5, 5.41) is 7.99. The van der Waals surface area contributed by atoms with Crippen molar-refractivity contribution in [1.82, 2.24) is 0 Å². The molecule has 7 rings (SSSR count). The van der Waals surface area contributed by atoms with Gasteiger partial charge < -0.3 is 9.31 Å². The minimum absolute atomic E-state index is 0.339. The third-order valence-electron chi connectivity index (χ3n) is 8.12. The molecule has 0 bridgehead atoms. The largest absolute Gasteiger partial charge is 0.494 e. The van der Waals surface area contributed by atoms with Crippen LogP contribution in [0.15, 0.2) is 91.0 Å². The van der Waals surface area contributed by atoms with Crippen molar-refractivity contribution >= 4 is 65.6 Å². The molecule has 0 unspecified atom stereocenters. The first-order valence-electron chi connectivity index (χ1n) is 12.5. The summed E-state index contributed by atoms with van der Waals surface area (Å²) in [6.45, 7) is 8.37. The zero-order chi connectivity index (χ0) is 24.7. The fourth-order valence-corrected chi connectivity index (χ4v) is 6.63. The quantitative estimate of drug-likeness (QED) is 0.181. The molecule has 0 N–H and O–H groups in total. The monoisotopic (exact) mass is 486 g/mol. The summed E-state index contributed by atoms with van der Waals surface area (Å²) in [5.41, 5.74) is 2.79. The van der Waals surface area contributed by atoms with Crippen LogP contribution >= 0.6 is 11.3 Å². The van der Waals surface area contributed by atoms with Crippen molar-refractivity contribution in [3.63, 3.8) is 0 Å². The van der Waals surface area contributed by atoms with Crippen LogP contribution in [0.5, 0.6) is 0 Å². The van der Waals surface area contributed by atoms with Gasteiger partial charge in [0, 0.05) is 25.6 Å². The zero-order valence-corrected chi connectivity index (χ0v) is 21.8. The molecule has 1 aliphatic heterocycles. The van der Waals surface area contributed by atoms with Gasteiger partial charge in [-0.3, -0.25) is 0 Å². The first kappa shape index (κ1) is 22.1. The maximum atomic E-state index is 6.25. The molecule has 176 valence electrons. The van der Waals surface area contributed by atoms with Gasteiger partial charge in [-0.05, 0) is 72.6 Å². The van der Waals surface area contributed by atoms with Gasteiger partial charge in [0.15, 0.2) is 0 Å².